The van der Waals surface area contributed by atoms with Crippen LogP contribution in [0.5, 0.6) is 5.75 Å². The van der Waals surface area contributed by atoms with Crippen molar-refractivity contribution in [3.8, 4) is 5.75 Å². The van der Waals surface area contributed by atoms with Gasteiger partial charge in [0, 0.05) is 0 Å². The Morgan fingerprint density at radius 2 is 1.77 bits per heavy atom. The highest BCUT2D eigenvalue weighted by molar-refractivity contribution is 6.32. The number of unbranched alkanes of at least 4 members (excludes halogenated alkanes) is 1. The second kappa shape index (κ2) is 10.5. The van der Waals surface area contributed by atoms with E-state index in [1.54, 1.807) is 42.5 Å². The molecule has 0 aliphatic carbocycles. The van der Waals surface area contributed by atoms with E-state index in [1.165, 1.54) is 0 Å². The van der Waals surface area contributed by atoms with Crippen molar-refractivity contribution in [3.05, 3.63) is 59.1 Å². The monoisotopic (exact) mass is 375 g/mol. The fourth-order valence-electron chi connectivity index (χ4n) is 2.19. The second-order valence-electron chi connectivity index (χ2n) is 5.61. The third kappa shape index (κ3) is 6.08. The van der Waals surface area contributed by atoms with Crippen LogP contribution in [0.2, 0.25) is 5.02 Å². The highest BCUT2D eigenvalue weighted by Gasteiger charge is 2.14. The number of carbonyl (C=O) groups is 2. The Hall–Kier alpha value is -2.53. The van der Waals surface area contributed by atoms with E-state index in [-0.39, 0.29) is 18.9 Å². The van der Waals surface area contributed by atoms with Gasteiger partial charge >= 0.3 is 5.97 Å². The van der Waals surface area contributed by atoms with Gasteiger partial charge in [0.15, 0.2) is 0 Å². The summed E-state index contributed by atoms with van der Waals surface area (Å²) in [7, 11) is 0. The lowest BCUT2D eigenvalue weighted by Crippen LogP contribution is -2.18. The summed E-state index contributed by atoms with van der Waals surface area (Å²) in [5.74, 6) is -0.172. The number of nitrogens with one attached hydrogen (secondary N) is 1. The number of hydrogen-bond acceptors (Lipinski definition) is 4. The normalized spacial score (nSPS) is 10.2. The third-order valence-electron chi connectivity index (χ3n) is 3.58. The lowest BCUT2D eigenvalue weighted by molar-refractivity contribution is -0.116. The zero-order valence-corrected chi connectivity index (χ0v) is 15.4. The van der Waals surface area contributed by atoms with Crippen LogP contribution >= 0.6 is 11.6 Å². The molecule has 0 heterocycles. The first kappa shape index (κ1) is 19.8. The largest absolute Gasteiger partial charge is 0.491 e. The Kier molecular flexibility index (Phi) is 7.96. The lowest BCUT2D eigenvalue weighted by Gasteiger charge is -2.11. The minimum absolute atomic E-state index is 0.129. The fourth-order valence-corrected chi connectivity index (χ4v) is 2.38. The number of benzene rings is 2. The average molecular weight is 376 g/mol. The molecule has 2 aromatic rings. The number of hydrogen-bond donors (Lipinski definition) is 1. The number of carbonyl (C=O) groups excluding carboxylic acids is 2. The van der Waals surface area contributed by atoms with Gasteiger partial charge in [0.1, 0.15) is 5.75 Å². The molecule has 0 radical (unpaired) electrons. The minimum Gasteiger partial charge on any atom is -0.491 e. The Morgan fingerprint density at radius 1 is 1.04 bits per heavy atom. The van der Waals surface area contributed by atoms with Crippen molar-refractivity contribution in [1.82, 2.24) is 0 Å². The maximum Gasteiger partial charge on any atom is 0.340 e. The number of anilines is 1. The summed E-state index contributed by atoms with van der Waals surface area (Å²) >= 11 is 6.00. The molecule has 2 rings (SSSR count). The van der Waals surface area contributed by atoms with Gasteiger partial charge in [-0.15, -0.1) is 0 Å². The molecular weight excluding hydrogens is 354 g/mol. The molecule has 138 valence electrons. The molecule has 0 fully saturated rings. The van der Waals surface area contributed by atoms with Crippen molar-refractivity contribution < 1.29 is 19.1 Å². The first-order valence-electron chi connectivity index (χ1n) is 8.55. The van der Waals surface area contributed by atoms with Crippen molar-refractivity contribution in [2.45, 2.75) is 26.2 Å². The smallest absolute Gasteiger partial charge is 0.340 e. The SMILES string of the molecule is CCCCOC(=O)c1ccccc1NC(=O)CCOc1ccccc1Cl. The van der Waals surface area contributed by atoms with Crippen LogP contribution in [0, 0.1) is 0 Å². The fraction of sp³-hybridized carbons (Fsp3) is 0.300. The van der Waals surface area contributed by atoms with Gasteiger partial charge in [-0.05, 0) is 30.7 Å². The molecule has 0 aliphatic heterocycles. The van der Waals surface area contributed by atoms with Gasteiger partial charge in [-0.25, -0.2) is 4.79 Å². The van der Waals surface area contributed by atoms with Gasteiger partial charge in [-0.1, -0.05) is 49.2 Å². The molecule has 0 saturated heterocycles. The summed E-state index contributed by atoms with van der Waals surface area (Å²) in [6.45, 7) is 2.56. The van der Waals surface area contributed by atoms with Crippen LogP contribution in [0.25, 0.3) is 0 Å². The molecule has 0 aliphatic rings. The molecule has 26 heavy (non-hydrogen) atoms. The summed E-state index contributed by atoms with van der Waals surface area (Å²) < 4.78 is 10.7. The molecule has 0 atom stereocenters. The summed E-state index contributed by atoms with van der Waals surface area (Å²) in [5.41, 5.74) is 0.765. The van der Waals surface area contributed by atoms with Crippen molar-refractivity contribution in [2.24, 2.45) is 0 Å². The number of esters is 1. The zero-order valence-electron chi connectivity index (χ0n) is 14.7. The topological polar surface area (TPSA) is 64.6 Å². The molecule has 2 aromatic carbocycles. The molecule has 0 unspecified atom stereocenters. The summed E-state index contributed by atoms with van der Waals surface area (Å²) in [6.07, 6.45) is 1.88. The van der Waals surface area contributed by atoms with Crippen LogP contribution in [-0.4, -0.2) is 25.1 Å². The predicted octanol–water partition coefficient (Wildman–Crippen LogP) is 4.70. The van der Waals surface area contributed by atoms with E-state index in [4.69, 9.17) is 21.1 Å². The maximum absolute atomic E-state index is 12.1. The van der Waals surface area contributed by atoms with Gasteiger partial charge in [0.05, 0.1) is 35.9 Å². The van der Waals surface area contributed by atoms with Gasteiger partial charge in [0.2, 0.25) is 5.91 Å². The molecule has 0 aromatic heterocycles. The van der Waals surface area contributed by atoms with Gasteiger partial charge in [0.25, 0.3) is 0 Å². The van der Waals surface area contributed by atoms with Gasteiger partial charge in [-0.2, -0.15) is 0 Å². The minimum atomic E-state index is -0.443. The molecule has 6 heteroatoms. The van der Waals surface area contributed by atoms with E-state index in [0.29, 0.717) is 28.6 Å². The number of halogens is 1. The van der Waals surface area contributed by atoms with Crippen LogP contribution in [-0.2, 0) is 9.53 Å². The number of ether oxygens (including phenoxy) is 2. The average Bonchev–Trinajstić information content (AvgIpc) is 2.64. The zero-order chi connectivity index (χ0) is 18.8. The molecule has 0 bridgehead atoms. The van der Waals surface area contributed by atoms with Gasteiger partial charge in [-0.3, -0.25) is 4.79 Å². The van der Waals surface area contributed by atoms with E-state index >= 15 is 0 Å². The first-order chi connectivity index (χ1) is 12.6. The first-order valence-corrected chi connectivity index (χ1v) is 8.93. The Bertz CT molecular complexity index is 748. The van der Waals surface area contributed by atoms with E-state index < -0.39 is 5.97 Å². The second-order valence-corrected chi connectivity index (χ2v) is 6.02. The predicted molar refractivity (Wildman–Crippen MR) is 102 cm³/mol. The van der Waals surface area contributed by atoms with E-state index in [0.717, 1.165) is 12.8 Å². The quantitative estimate of drug-likeness (QED) is 0.509. The van der Waals surface area contributed by atoms with E-state index in [1.807, 2.05) is 13.0 Å². The number of para-hydroxylation sites is 2. The molecule has 1 N–H and O–H groups in total. The van der Waals surface area contributed by atoms with Gasteiger partial charge < -0.3 is 14.8 Å². The van der Waals surface area contributed by atoms with Crippen molar-refractivity contribution in [1.29, 1.82) is 0 Å². The summed E-state index contributed by atoms with van der Waals surface area (Å²) in [6, 6.07) is 13.8. The van der Waals surface area contributed by atoms with E-state index in [2.05, 4.69) is 5.32 Å². The number of amides is 1. The third-order valence-corrected chi connectivity index (χ3v) is 3.89. The Morgan fingerprint density at radius 3 is 2.54 bits per heavy atom. The summed E-state index contributed by atoms with van der Waals surface area (Å²) in [4.78, 5) is 24.3. The van der Waals surface area contributed by atoms with Crippen molar-refractivity contribution in [3.63, 3.8) is 0 Å². The highest BCUT2D eigenvalue weighted by atomic mass is 35.5. The standard InChI is InChI=1S/C20H22ClNO4/c1-2-3-13-26-20(24)15-8-4-6-10-17(15)22-19(23)12-14-25-18-11-7-5-9-16(18)21/h4-11H,2-3,12-14H2,1H3,(H,22,23). The highest BCUT2D eigenvalue weighted by Crippen LogP contribution is 2.23. The lowest BCUT2D eigenvalue weighted by atomic mass is 10.1. The molecule has 5 nitrogen and oxygen atoms in total. The molecular formula is C20H22ClNO4. The van der Waals surface area contributed by atoms with Crippen molar-refractivity contribution in [2.75, 3.05) is 18.5 Å². The van der Waals surface area contributed by atoms with Crippen LogP contribution in [0.1, 0.15) is 36.5 Å². The van der Waals surface area contributed by atoms with Crippen molar-refractivity contribution >= 4 is 29.2 Å². The van der Waals surface area contributed by atoms with E-state index in [9.17, 15) is 9.59 Å². The van der Waals surface area contributed by atoms with Crippen LogP contribution in [0.3, 0.4) is 0 Å². The Labute approximate surface area is 158 Å². The maximum atomic E-state index is 12.1. The van der Waals surface area contributed by atoms with Crippen LogP contribution in [0.15, 0.2) is 48.5 Å². The number of rotatable bonds is 9. The molecule has 0 saturated carbocycles. The molecule has 1 amide bonds. The summed E-state index contributed by atoms with van der Waals surface area (Å²) in [5, 5.41) is 3.22. The molecule has 0 spiro atoms. The van der Waals surface area contributed by atoms with Crippen LogP contribution < -0.4 is 10.1 Å². The Balaban J connectivity index is 1.88. The van der Waals surface area contributed by atoms with Crippen LogP contribution in [0.4, 0.5) is 5.69 Å².